The van der Waals surface area contributed by atoms with Crippen molar-refractivity contribution >= 4 is 51.4 Å². The van der Waals surface area contributed by atoms with Crippen molar-refractivity contribution in [2.24, 2.45) is 5.10 Å². The smallest absolute Gasteiger partial charge is 0.427 e. The highest BCUT2D eigenvalue weighted by molar-refractivity contribution is 9.10. The topological polar surface area (TPSA) is 69.2 Å². The average Bonchev–Trinajstić information content (AvgIpc) is 2.62. The molecule has 6 nitrogen and oxygen atoms in total. The van der Waals surface area contributed by atoms with E-state index in [0.29, 0.717) is 37.1 Å². The van der Waals surface area contributed by atoms with Crippen LogP contribution in [-0.2, 0) is 11.3 Å². The third-order valence-corrected chi connectivity index (χ3v) is 4.53. The summed E-state index contributed by atoms with van der Waals surface area (Å²) in [5.41, 5.74) is 3.56. The Morgan fingerprint density at radius 1 is 1.27 bits per heavy atom. The van der Waals surface area contributed by atoms with Crippen LogP contribution in [0.4, 0.5) is 4.79 Å². The van der Waals surface area contributed by atoms with E-state index in [4.69, 9.17) is 32.7 Å². The van der Waals surface area contributed by atoms with Crippen molar-refractivity contribution in [3.8, 4) is 11.5 Å². The number of hydrogen-bond acceptors (Lipinski definition) is 5. The molecular formula is C17H15BrCl2N2O4. The molecule has 0 atom stereocenters. The quantitative estimate of drug-likeness (QED) is 0.483. The summed E-state index contributed by atoms with van der Waals surface area (Å²) >= 11 is 15.8. The molecule has 1 amide bonds. The van der Waals surface area contributed by atoms with E-state index >= 15 is 0 Å². The standard InChI is InChI=1S/C17H15BrCl2N2O4/c1-24-15-7-10(8-21-22-17(23)25-2)6-12(18)16(15)26-9-11-13(19)4-3-5-14(11)20/h3-8H,9H2,1-2H3,(H,22,23)/b21-8+. The molecule has 138 valence electrons. The van der Waals surface area contributed by atoms with Gasteiger partial charge in [0.2, 0.25) is 0 Å². The second kappa shape index (κ2) is 9.66. The number of amides is 1. The first-order valence-electron chi connectivity index (χ1n) is 7.26. The van der Waals surface area contributed by atoms with Crippen molar-refractivity contribution in [3.05, 3.63) is 56.0 Å². The molecule has 0 saturated heterocycles. The van der Waals surface area contributed by atoms with Gasteiger partial charge in [0, 0.05) is 15.6 Å². The van der Waals surface area contributed by atoms with Crippen molar-refractivity contribution in [2.75, 3.05) is 14.2 Å². The average molecular weight is 462 g/mol. The van der Waals surface area contributed by atoms with Crippen LogP contribution in [0.1, 0.15) is 11.1 Å². The highest BCUT2D eigenvalue weighted by atomic mass is 79.9. The lowest BCUT2D eigenvalue weighted by Gasteiger charge is -2.14. The van der Waals surface area contributed by atoms with Crippen LogP contribution in [0.25, 0.3) is 0 Å². The van der Waals surface area contributed by atoms with Gasteiger partial charge in [-0.2, -0.15) is 5.10 Å². The van der Waals surface area contributed by atoms with Gasteiger partial charge in [0.15, 0.2) is 11.5 Å². The number of ether oxygens (including phenoxy) is 3. The Hall–Kier alpha value is -1.96. The molecule has 0 aromatic heterocycles. The highest BCUT2D eigenvalue weighted by Crippen LogP contribution is 2.37. The summed E-state index contributed by atoms with van der Waals surface area (Å²) in [6.45, 7) is 0.171. The maximum Gasteiger partial charge on any atom is 0.427 e. The molecule has 0 radical (unpaired) electrons. The predicted molar refractivity (Wildman–Crippen MR) is 105 cm³/mol. The number of hydrogen-bond donors (Lipinski definition) is 1. The maximum atomic E-state index is 11.0. The van der Waals surface area contributed by atoms with E-state index in [2.05, 4.69) is 31.2 Å². The van der Waals surface area contributed by atoms with Gasteiger partial charge < -0.3 is 14.2 Å². The molecule has 0 heterocycles. The fourth-order valence-corrected chi connectivity index (χ4v) is 3.05. The Morgan fingerprint density at radius 3 is 2.58 bits per heavy atom. The van der Waals surface area contributed by atoms with Gasteiger partial charge in [-0.1, -0.05) is 29.3 Å². The number of benzene rings is 2. The monoisotopic (exact) mass is 460 g/mol. The summed E-state index contributed by atoms with van der Waals surface area (Å²) in [7, 11) is 2.77. The van der Waals surface area contributed by atoms with E-state index in [1.165, 1.54) is 20.4 Å². The van der Waals surface area contributed by atoms with Gasteiger partial charge in [-0.25, -0.2) is 10.2 Å². The second-order valence-corrected chi connectivity index (χ2v) is 6.55. The molecule has 0 unspecified atom stereocenters. The van der Waals surface area contributed by atoms with E-state index in [-0.39, 0.29) is 6.61 Å². The lowest BCUT2D eigenvalue weighted by atomic mass is 10.2. The third-order valence-electron chi connectivity index (χ3n) is 3.23. The lowest BCUT2D eigenvalue weighted by Crippen LogP contribution is -2.16. The summed E-state index contributed by atoms with van der Waals surface area (Å²) in [5, 5.41) is 4.81. The van der Waals surface area contributed by atoms with Crippen LogP contribution in [0.3, 0.4) is 0 Å². The minimum atomic E-state index is -0.663. The van der Waals surface area contributed by atoms with Gasteiger partial charge in [-0.3, -0.25) is 0 Å². The Balaban J connectivity index is 2.20. The Bertz CT molecular complexity index is 810. The number of halogens is 3. The zero-order valence-corrected chi connectivity index (χ0v) is 17.0. The van der Waals surface area contributed by atoms with Gasteiger partial charge in [0.05, 0.1) is 24.9 Å². The van der Waals surface area contributed by atoms with Crippen LogP contribution in [0.15, 0.2) is 39.9 Å². The summed E-state index contributed by atoms with van der Waals surface area (Å²) in [6.07, 6.45) is 0.780. The number of carbonyl (C=O) groups excluding carboxylic acids is 1. The number of rotatable bonds is 6. The van der Waals surface area contributed by atoms with Crippen molar-refractivity contribution < 1.29 is 19.0 Å². The Morgan fingerprint density at radius 2 is 1.96 bits per heavy atom. The van der Waals surface area contributed by atoms with Crippen LogP contribution in [0.5, 0.6) is 11.5 Å². The van der Waals surface area contributed by atoms with E-state index in [9.17, 15) is 4.79 Å². The van der Waals surface area contributed by atoms with E-state index in [0.717, 1.165) is 0 Å². The summed E-state index contributed by atoms with van der Waals surface area (Å²) in [6, 6.07) is 8.71. The number of carbonyl (C=O) groups is 1. The summed E-state index contributed by atoms with van der Waals surface area (Å²) in [4.78, 5) is 11.0. The molecule has 0 fully saturated rings. The molecular weight excluding hydrogens is 447 g/mol. The van der Waals surface area contributed by atoms with Crippen LogP contribution in [-0.4, -0.2) is 26.5 Å². The Kier molecular flexibility index (Phi) is 7.56. The number of methoxy groups -OCH3 is 2. The van der Waals surface area contributed by atoms with E-state index < -0.39 is 6.09 Å². The van der Waals surface area contributed by atoms with Crippen molar-refractivity contribution in [1.29, 1.82) is 0 Å². The highest BCUT2D eigenvalue weighted by Gasteiger charge is 2.13. The van der Waals surface area contributed by atoms with Gasteiger partial charge in [-0.05, 0) is 45.8 Å². The fraction of sp³-hybridized carbons (Fsp3) is 0.176. The molecule has 0 aliphatic heterocycles. The first-order chi connectivity index (χ1) is 12.5. The van der Waals surface area contributed by atoms with E-state index in [1.54, 1.807) is 30.3 Å². The summed E-state index contributed by atoms with van der Waals surface area (Å²) in [5.74, 6) is 0.962. The van der Waals surface area contributed by atoms with E-state index in [1.807, 2.05) is 0 Å². The molecule has 0 aliphatic rings. The molecule has 0 saturated carbocycles. The first-order valence-corrected chi connectivity index (χ1v) is 8.81. The summed E-state index contributed by atoms with van der Waals surface area (Å²) < 4.78 is 16.3. The molecule has 2 rings (SSSR count). The van der Waals surface area contributed by atoms with Crippen molar-refractivity contribution in [3.63, 3.8) is 0 Å². The molecule has 0 spiro atoms. The van der Waals surface area contributed by atoms with Gasteiger partial charge >= 0.3 is 6.09 Å². The zero-order valence-electron chi connectivity index (χ0n) is 13.9. The predicted octanol–water partition coefficient (Wildman–Crippen LogP) is 5.03. The van der Waals surface area contributed by atoms with Crippen LogP contribution >= 0.6 is 39.1 Å². The first kappa shape index (κ1) is 20.4. The minimum absolute atomic E-state index is 0.171. The molecule has 26 heavy (non-hydrogen) atoms. The normalized spacial score (nSPS) is 10.7. The second-order valence-electron chi connectivity index (χ2n) is 4.88. The van der Waals surface area contributed by atoms with Gasteiger partial charge in [0.1, 0.15) is 6.61 Å². The van der Waals surface area contributed by atoms with Crippen LogP contribution < -0.4 is 14.9 Å². The van der Waals surface area contributed by atoms with Gasteiger partial charge in [-0.15, -0.1) is 0 Å². The van der Waals surface area contributed by atoms with Gasteiger partial charge in [0.25, 0.3) is 0 Å². The lowest BCUT2D eigenvalue weighted by molar-refractivity contribution is 0.171. The zero-order chi connectivity index (χ0) is 19.1. The maximum absolute atomic E-state index is 11.0. The van der Waals surface area contributed by atoms with Crippen LogP contribution in [0.2, 0.25) is 10.0 Å². The number of hydrazone groups is 1. The molecule has 2 aromatic carbocycles. The third kappa shape index (κ3) is 5.27. The van der Waals surface area contributed by atoms with Crippen molar-refractivity contribution in [2.45, 2.75) is 6.61 Å². The fourth-order valence-electron chi connectivity index (χ4n) is 1.97. The molecule has 2 aromatic rings. The van der Waals surface area contributed by atoms with Crippen molar-refractivity contribution in [1.82, 2.24) is 5.43 Å². The largest absolute Gasteiger partial charge is 0.493 e. The Labute approximate surface area is 169 Å². The van der Waals surface area contributed by atoms with Crippen LogP contribution in [0, 0.1) is 0 Å². The minimum Gasteiger partial charge on any atom is -0.493 e. The number of nitrogens with zero attached hydrogens (tertiary/aromatic N) is 1. The molecule has 0 bridgehead atoms. The molecule has 0 aliphatic carbocycles. The molecule has 9 heteroatoms. The SMILES string of the molecule is COC(=O)N/N=C/c1cc(Br)c(OCc2c(Cl)cccc2Cl)c(OC)c1. The molecule has 1 N–H and O–H groups in total. The number of nitrogens with one attached hydrogen (secondary N) is 1.